The van der Waals surface area contributed by atoms with E-state index in [-0.39, 0.29) is 6.10 Å². The Morgan fingerprint density at radius 2 is 2.28 bits per heavy atom. The molecule has 18 heavy (non-hydrogen) atoms. The van der Waals surface area contributed by atoms with Crippen molar-refractivity contribution in [2.24, 2.45) is 0 Å². The predicted octanol–water partition coefficient (Wildman–Crippen LogP) is 4.22. The molecule has 0 spiro atoms. The summed E-state index contributed by atoms with van der Waals surface area (Å²) in [6, 6.07) is 6.53. The fourth-order valence-electron chi connectivity index (χ4n) is 2.17. The van der Waals surface area contributed by atoms with E-state index in [1.165, 1.54) is 18.4 Å². The summed E-state index contributed by atoms with van der Waals surface area (Å²) >= 11 is 3.51. The maximum absolute atomic E-state index is 6.13. The van der Waals surface area contributed by atoms with E-state index in [0.717, 1.165) is 16.6 Å². The number of ether oxygens (including phenoxy) is 1. The average molecular weight is 310 g/mol. The van der Waals surface area contributed by atoms with Crippen LogP contribution in [0, 0.1) is 0 Å². The normalized spacial score (nSPS) is 20.7. The SMILES string of the molecule is CNC(C)c1ccc(Br)cc1OC1C=CCCC1. The molecule has 1 aromatic rings. The Balaban J connectivity index is 2.21. The lowest BCUT2D eigenvalue weighted by Crippen LogP contribution is -2.19. The molecule has 0 fully saturated rings. The van der Waals surface area contributed by atoms with Crippen LogP contribution < -0.4 is 10.1 Å². The Kier molecular flexibility index (Phi) is 4.84. The Morgan fingerprint density at radius 3 is 2.94 bits per heavy atom. The van der Waals surface area contributed by atoms with Crippen molar-refractivity contribution in [3.05, 3.63) is 40.4 Å². The van der Waals surface area contributed by atoms with E-state index in [1.807, 2.05) is 7.05 Å². The maximum Gasteiger partial charge on any atom is 0.126 e. The molecule has 0 amide bonds. The molecule has 1 N–H and O–H groups in total. The third-order valence-corrected chi connectivity index (χ3v) is 3.86. The smallest absolute Gasteiger partial charge is 0.126 e. The molecular formula is C15H20BrNO. The van der Waals surface area contributed by atoms with Gasteiger partial charge in [0, 0.05) is 16.1 Å². The van der Waals surface area contributed by atoms with Gasteiger partial charge < -0.3 is 10.1 Å². The number of hydrogen-bond acceptors (Lipinski definition) is 2. The van der Waals surface area contributed by atoms with Gasteiger partial charge in [0.05, 0.1) is 0 Å². The Morgan fingerprint density at radius 1 is 1.44 bits per heavy atom. The van der Waals surface area contributed by atoms with Gasteiger partial charge >= 0.3 is 0 Å². The van der Waals surface area contributed by atoms with Crippen LogP contribution in [0.15, 0.2) is 34.8 Å². The molecule has 0 aliphatic heterocycles. The first kappa shape index (κ1) is 13.6. The van der Waals surface area contributed by atoms with Crippen LogP contribution in [0.4, 0.5) is 0 Å². The van der Waals surface area contributed by atoms with Gasteiger partial charge in [-0.15, -0.1) is 0 Å². The van der Waals surface area contributed by atoms with Crippen molar-refractivity contribution in [3.63, 3.8) is 0 Å². The van der Waals surface area contributed by atoms with Gasteiger partial charge in [0.2, 0.25) is 0 Å². The summed E-state index contributed by atoms with van der Waals surface area (Å²) in [5.74, 6) is 0.975. The van der Waals surface area contributed by atoms with Crippen LogP contribution in [-0.2, 0) is 0 Å². The molecule has 2 nitrogen and oxygen atoms in total. The molecular weight excluding hydrogens is 290 g/mol. The minimum Gasteiger partial charge on any atom is -0.486 e. The van der Waals surface area contributed by atoms with E-state index in [1.54, 1.807) is 0 Å². The molecule has 3 heteroatoms. The van der Waals surface area contributed by atoms with Crippen LogP contribution in [0.25, 0.3) is 0 Å². The Hall–Kier alpha value is -0.800. The maximum atomic E-state index is 6.13. The van der Waals surface area contributed by atoms with Crippen molar-refractivity contribution in [1.29, 1.82) is 0 Å². The van der Waals surface area contributed by atoms with Crippen molar-refractivity contribution >= 4 is 15.9 Å². The van der Waals surface area contributed by atoms with Crippen molar-refractivity contribution in [1.82, 2.24) is 5.32 Å². The zero-order valence-electron chi connectivity index (χ0n) is 10.9. The van der Waals surface area contributed by atoms with Gasteiger partial charge in [-0.2, -0.15) is 0 Å². The average Bonchev–Trinajstić information content (AvgIpc) is 2.39. The lowest BCUT2D eigenvalue weighted by Gasteiger charge is -2.22. The number of hydrogen-bond donors (Lipinski definition) is 1. The summed E-state index contributed by atoms with van der Waals surface area (Å²) in [5.41, 5.74) is 1.21. The second-order valence-corrected chi connectivity index (χ2v) is 5.62. The van der Waals surface area contributed by atoms with Crippen molar-refractivity contribution < 1.29 is 4.74 Å². The molecule has 2 atom stereocenters. The van der Waals surface area contributed by atoms with Gasteiger partial charge in [-0.25, -0.2) is 0 Å². The molecule has 0 saturated carbocycles. The number of allylic oxidation sites excluding steroid dienone is 1. The number of benzene rings is 1. The number of nitrogens with one attached hydrogen (secondary N) is 1. The van der Waals surface area contributed by atoms with Crippen LogP contribution in [0.5, 0.6) is 5.75 Å². The first-order chi connectivity index (χ1) is 8.70. The van der Waals surface area contributed by atoms with Crippen LogP contribution in [0.3, 0.4) is 0 Å². The monoisotopic (exact) mass is 309 g/mol. The highest BCUT2D eigenvalue weighted by atomic mass is 79.9. The summed E-state index contributed by atoms with van der Waals surface area (Å²) in [4.78, 5) is 0. The molecule has 98 valence electrons. The summed E-state index contributed by atoms with van der Waals surface area (Å²) < 4.78 is 7.19. The lowest BCUT2D eigenvalue weighted by molar-refractivity contribution is 0.226. The molecule has 0 radical (unpaired) electrons. The first-order valence-electron chi connectivity index (χ1n) is 6.50. The van der Waals surface area contributed by atoms with E-state index in [2.05, 4.69) is 58.5 Å². The number of rotatable bonds is 4. The lowest BCUT2D eigenvalue weighted by atomic mass is 10.0. The zero-order chi connectivity index (χ0) is 13.0. The van der Waals surface area contributed by atoms with Gasteiger partial charge in [0.15, 0.2) is 0 Å². The fourth-order valence-corrected chi connectivity index (χ4v) is 2.51. The minimum absolute atomic E-state index is 0.218. The molecule has 0 aromatic heterocycles. The molecule has 0 heterocycles. The van der Waals surface area contributed by atoms with Crippen molar-refractivity contribution in [3.8, 4) is 5.75 Å². The molecule has 2 rings (SSSR count). The van der Waals surface area contributed by atoms with Gasteiger partial charge in [-0.3, -0.25) is 0 Å². The standard InChI is InChI=1S/C15H20BrNO/c1-11(17-2)14-9-8-12(16)10-15(14)18-13-6-4-3-5-7-13/h4,6,8-11,13,17H,3,5,7H2,1-2H3. The van der Waals surface area contributed by atoms with Gasteiger partial charge in [0.25, 0.3) is 0 Å². The summed E-state index contributed by atoms with van der Waals surface area (Å²) in [6.07, 6.45) is 8.11. The van der Waals surface area contributed by atoms with Crippen molar-refractivity contribution in [2.45, 2.75) is 38.3 Å². The van der Waals surface area contributed by atoms with Crippen LogP contribution in [0.2, 0.25) is 0 Å². The third-order valence-electron chi connectivity index (χ3n) is 3.36. The number of halogens is 1. The minimum atomic E-state index is 0.218. The second kappa shape index (κ2) is 6.39. The summed E-state index contributed by atoms with van der Waals surface area (Å²) in [5, 5.41) is 3.26. The highest BCUT2D eigenvalue weighted by molar-refractivity contribution is 9.10. The molecule has 0 bridgehead atoms. The zero-order valence-corrected chi connectivity index (χ0v) is 12.5. The topological polar surface area (TPSA) is 21.3 Å². The molecule has 1 aliphatic rings. The van der Waals surface area contributed by atoms with Crippen LogP contribution >= 0.6 is 15.9 Å². The molecule has 1 aromatic carbocycles. The van der Waals surface area contributed by atoms with Crippen LogP contribution in [0.1, 0.15) is 37.8 Å². The quantitative estimate of drug-likeness (QED) is 0.841. The second-order valence-electron chi connectivity index (χ2n) is 4.71. The van der Waals surface area contributed by atoms with Gasteiger partial charge in [-0.05, 0) is 51.4 Å². The van der Waals surface area contributed by atoms with E-state index in [4.69, 9.17) is 4.74 Å². The predicted molar refractivity (Wildman–Crippen MR) is 79.0 cm³/mol. The largest absolute Gasteiger partial charge is 0.486 e. The molecule has 0 saturated heterocycles. The first-order valence-corrected chi connectivity index (χ1v) is 7.30. The highest BCUT2D eigenvalue weighted by Crippen LogP contribution is 2.30. The Bertz CT molecular complexity index is 431. The van der Waals surface area contributed by atoms with Gasteiger partial charge in [-0.1, -0.05) is 28.1 Å². The van der Waals surface area contributed by atoms with Crippen LogP contribution in [-0.4, -0.2) is 13.2 Å². The third kappa shape index (κ3) is 3.36. The van der Waals surface area contributed by atoms with E-state index in [9.17, 15) is 0 Å². The van der Waals surface area contributed by atoms with Crippen molar-refractivity contribution in [2.75, 3.05) is 7.05 Å². The summed E-state index contributed by atoms with van der Waals surface area (Å²) in [6.45, 7) is 2.15. The van der Waals surface area contributed by atoms with E-state index in [0.29, 0.717) is 6.04 Å². The molecule has 2 unspecified atom stereocenters. The molecule has 1 aliphatic carbocycles. The summed E-state index contributed by atoms with van der Waals surface area (Å²) in [7, 11) is 1.97. The highest BCUT2D eigenvalue weighted by Gasteiger charge is 2.15. The Labute approximate surface area is 118 Å². The van der Waals surface area contributed by atoms with E-state index < -0.39 is 0 Å². The fraction of sp³-hybridized carbons (Fsp3) is 0.467. The van der Waals surface area contributed by atoms with Gasteiger partial charge in [0.1, 0.15) is 11.9 Å². The van der Waals surface area contributed by atoms with E-state index >= 15 is 0 Å².